The van der Waals surface area contributed by atoms with Crippen LogP contribution in [0.25, 0.3) is 5.82 Å². The highest BCUT2D eigenvalue weighted by molar-refractivity contribution is 7.91. The van der Waals surface area contributed by atoms with Gasteiger partial charge in [0.25, 0.3) is 0 Å². The van der Waals surface area contributed by atoms with Crippen molar-refractivity contribution < 1.29 is 8.42 Å². The van der Waals surface area contributed by atoms with Crippen molar-refractivity contribution >= 4 is 9.84 Å². The Hall–Kier alpha value is -1.76. The van der Waals surface area contributed by atoms with Crippen LogP contribution in [0.4, 0.5) is 0 Å². The SMILES string of the molecule is O=S1(=O)CCC(Cc2nc(C3CC3)nn2-c2ccccn2)C1. The van der Waals surface area contributed by atoms with Crippen LogP contribution in [0.1, 0.15) is 36.8 Å². The molecule has 1 unspecified atom stereocenters. The predicted molar refractivity (Wildman–Crippen MR) is 81.6 cm³/mol. The standard InChI is InChI=1S/C15H18N4O2S/c20-22(21)8-6-11(10-22)9-14-17-15(12-4-5-12)18-19(14)13-3-1-2-7-16-13/h1-3,7,11-12H,4-6,8-10H2. The van der Waals surface area contributed by atoms with Gasteiger partial charge in [0.1, 0.15) is 5.82 Å². The van der Waals surface area contributed by atoms with E-state index in [1.165, 1.54) is 0 Å². The third-order valence-corrected chi connectivity index (χ3v) is 6.13. The number of hydrogen-bond acceptors (Lipinski definition) is 5. The van der Waals surface area contributed by atoms with Gasteiger partial charge in [-0.1, -0.05) is 6.07 Å². The van der Waals surface area contributed by atoms with Gasteiger partial charge in [0.15, 0.2) is 21.5 Å². The summed E-state index contributed by atoms with van der Waals surface area (Å²) in [6.07, 6.45) is 5.39. The fourth-order valence-electron chi connectivity index (χ4n) is 2.96. The first-order valence-electron chi connectivity index (χ1n) is 7.68. The van der Waals surface area contributed by atoms with E-state index in [-0.39, 0.29) is 11.7 Å². The lowest BCUT2D eigenvalue weighted by atomic mass is 10.1. The minimum Gasteiger partial charge on any atom is -0.237 e. The third kappa shape index (κ3) is 2.77. The maximum Gasteiger partial charge on any atom is 0.155 e. The Bertz CT molecular complexity index is 781. The van der Waals surface area contributed by atoms with Crippen LogP contribution in [0, 0.1) is 5.92 Å². The van der Waals surface area contributed by atoms with E-state index < -0.39 is 9.84 Å². The average molecular weight is 318 g/mol. The topological polar surface area (TPSA) is 77.7 Å². The van der Waals surface area contributed by atoms with Gasteiger partial charge in [-0.3, -0.25) is 0 Å². The van der Waals surface area contributed by atoms with Crippen LogP contribution in [-0.2, 0) is 16.3 Å². The molecule has 0 N–H and O–H groups in total. The molecule has 0 aromatic carbocycles. The lowest BCUT2D eigenvalue weighted by molar-refractivity contribution is 0.558. The minimum absolute atomic E-state index is 0.142. The van der Waals surface area contributed by atoms with Gasteiger partial charge in [-0.25, -0.2) is 18.4 Å². The van der Waals surface area contributed by atoms with Crippen molar-refractivity contribution in [3.8, 4) is 5.82 Å². The Kier molecular flexibility index (Phi) is 3.25. The molecule has 3 heterocycles. The molecule has 1 saturated carbocycles. The van der Waals surface area contributed by atoms with Crippen LogP contribution in [-0.4, -0.2) is 39.7 Å². The lowest BCUT2D eigenvalue weighted by Crippen LogP contribution is -2.12. The maximum atomic E-state index is 11.7. The van der Waals surface area contributed by atoms with E-state index in [1.807, 2.05) is 18.2 Å². The van der Waals surface area contributed by atoms with Gasteiger partial charge >= 0.3 is 0 Å². The summed E-state index contributed by atoms with van der Waals surface area (Å²) in [5.41, 5.74) is 0. The molecule has 116 valence electrons. The van der Waals surface area contributed by atoms with Crippen LogP contribution in [0.2, 0.25) is 0 Å². The molecule has 0 radical (unpaired) electrons. The van der Waals surface area contributed by atoms with E-state index in [0.29, 0.717) is 18.1 Å². The zero-order valence-corrected chi connectivity index (χ0v) is 13.0. The van der Waals surface area contributed by atoms with E-state index in [1.54, 1.807) is 10.9 Å². The Morgan fingerprint density at radius 3 is 2.73 bits per heavy atom. The van der Waals surface area contributed by atoms with Crippen molar-refractivity contribution in [3.05, 3.63) is 36.0 Å². The summed E-state index contributed by atoms with van der Waals surface area (Å²) in [5, 5.41) is 4.61. The molecule has 1 atom stereocenters. The number of sulfone groups is 1. The Balaban J connectivity index is 1.65. The van der Waals surface area contributed by atoms with Gasteiger partial charge in [-0.05, 0) is 37.3 Å². The second-order valence-corrected chi connectivity index (χ2v) is 8.46. The molecule has 7 heteroatoms. The Morgan fingerprint density at radius 1 is 1.23 bits per heavy atom. The number of rotatable bonds is 4. The lowest BCUT2D eigenvalue weighted by Gasteiger charge is -2.08. The molecule has 0 spiro atoms. The van der Waals surface area contributed by atoms with Gasteiger partial charge in [0.05, 0.1) is 11.5 Å². The summed E-state index contributed by atoms with van der Waals surface area (Å²) < 4.78 is 25.1. The van der Waals surface area contributed by atoms with E-state index in [4.69, 9.17) is 0 Å². The molecule has 2 aromatic rings. The first kappa shape index (κ1) is 13.9. The zero-order chi connectivity index (χ0) is 15.2. The number of nitrogens with zero attached hydrogens (tertiary/aromatic N) is 4. The van der Waals surface area contributed by atoms with Gasteiger partial charge in [0, 0.05) is 18.5 Å². The molecule has 0 bridgehead atoms. The monoisotopic (exact) mass is 318 g/mol. The molecule has 2 aliphatic rings. The number of pyridine rings is 1. The van der Waals surface area contributed by atoms with E-state index in [9.17, 15) is 8.42 Å². The van der Waals surface area contributed by atoms with Crippen molar-refractivity contribution in [1.29, 1.82) is 0 Å². The van der Waals surface area contributed by atoms with E-state index in [0.717, 1.165) is 36.7 Å². The van der Waals surface area contributed by atoms with Crippen molar-refractivity contribution in [2.75, 3.05) is 11.5 Å². The molecule has 1 saturated heterocycles. The van der Waals surface area contributed by atoms with Crippen LogP contribution >= 0.6 is 0 Å². The van der Waals surface area contributed by atoms with E-state index in [2.05, 4.69) is 15.1 Å². The van der Waals surface area contributed by atoms with Crippen LogP contribution in [0.15, 0.2) is 24.4 Å². The van der Waals surface area contributed by atoms with Gasteiger partial charge in [0.2, 0.25) is 0 Å². The van der Waals surface area contributed by atoms with Crippen molar-refractivity contribution in [2.24, 2.45) is 5.92 Å². The van der Waals surface area contributed by atoms with E-state index >= 15 is 0 Å². The summed E-state index contributed by atoms with van der Waals surface area (Å²) >= 11 is 0. The van der Waals surface area contributed by atoms with Gasteiger partial charge in [-0.15, -0.1) is 5.10 Å². The smallest absolute Gasteiger partial charge is 0.155 e. The summed E-state index contributed by atoms with van der Waals surface area (Å²) in [4.78, 5) is 9.02. The predicted octanol–water partition coefficient (Wildman–Crippen LogP) is 1.52. The maximum absolute atomic E-state index is 11.7. The molecule has 22 heavy (non-hydrogen) atoms. The first-order valence-corrected chi connectivity index (χ1v) is 9.50. The second-order valence-electron chi connectivity index (χ2n) is 6.23. The highest BCUT2D eigenvalue weighted by Gasteiger charge is 2.32. The summed E-state index contributed by atoms with van der Waals surface area (Å²) in [6, 6.07) is 5.69. The Labute approximate surface area is 129 Å². The quantitative estimate of drug-likeness (QED) is 0.854. The fourth-order valence-corrected chi connectivity index (χ4v) is 4.82. The zero-order valence-electron chi connectivity index (χ0n) is 12.2. The van der Waals surface area contributed by atoms with Gasteiger partial charge in [-0.2, -0.15) is 4.68 Å². The molecular formula is C15H18N4O2S. The largest absolute Gasteiger partial charge is 0.237 e. The molecular weight excluding hydrogens is 300 g/mol. The number of aromatic nitrogens is 4. The average Bonchev–Trinajstić information content (AvgIpc) is 3.18. The summed E-state index contributed by atoms with van der Waals surface area (Å²) in [5.74, 6) is 3.63. The van der Waals surface area contributed by atoms with Crippen molar-refractivity contribution in [1.82, 2.24) is 19.7 Å². The minimum atomic E-state index is -2.86. The summed E-state index contributed by atoms with van der Waals surface area (Å²) in [7, 11) is -2.86. The van der Waals surface area contributed by atoms with Crippen LogP contribution in [0.5, 0.6) is 0 Å². The van der Waals surface area contributed by atoms with Crippen LogP contribution in [0.3, 0.4) is 0 Å². The first-order chi connectivity index (χ1) is 10.6. The van der Waals surface area contributed by atoms with Gasteiger partial charge < -0.3 is 0 Å². The summed E-state index contributed by atoms with van der Waals surface area (Å²) in [6.45, 7) is 0. The normalized spacial score (nSPS) is 23.7. The highest BCUT2D eigenvalue weighted by Crippen LogP contribution is 2.38. The molecule has 1 aliphatic carbocycles. The second kappa shape index (κ2) is 5.15. The third-order valence-electron chi connectivity index (χ3n) is 4.30. The highest BCUT2D eigenvalue weighted by atomic mass is 32.2. The molecule has 2 aromatic heterocycles. The molecule has 2 fully saturated rings. The molecule has 6 nitrogen and oxygen atoms in total. The fraction of sp³-hybridized carbons (Fsp3) is 0.533. The molecule has 1 aliphatic heterocycles. The molecule has 4 rings (SSSR count). The van der Waals surface area contributed by atoms with Crippen LogP contribution < -0.4 is 0 Å². The van der Waals surface area contributed by atoms with Crippen molar-refractivity contribution in [3.63, 3.8) is 0 Å². The van der Waals surface area contributed by atoms with Crippen molar-refractivity contribution in [2.45, 2.75) is 31.6 Å². The number of hydrogen-bond donors (Lipinski definition) is 0. The molecule has 0 amide bonds. The Morgan fingerprint density at radius 2 is 2.09 bits per heavy atom.